The number of thioether (sulfide) groups is 1. The van der Waals surface area contributed by atoms with Crippen molar-refractivity contribution in [3.8, 4) is 5.75 Å². The van der Waals surface area contributed by atoms with E-state index in [1.807, 2.05) is 0 Å². The number of rotatable bonds is 7. The number of carbonyl (C=O) groups excluding carboxylic acids is 1. The maximum absolute atomic E-state index is 14.0. The lowest BCUT2D eigenvalue weighted by Crippen LogP contribution is -2.25. The Kier molecular flexibility index (Phi) is 5.43. The second kappa shape index (κ2) is 8.21. The highest BCUT2D eigenvalue weighted by atomic mass is 32.2. The molecule has 1 aromatic heterocycles. The fourth-order valence-corrected chi connectivity index (χ4v) is 6.49. The van der Waals surface area contributed by atoms with Crippen LogP contribution < -0.4 is 4.74 Å². The van der Waals surface area contributed by atoms with E-state index in [0.717, 1.165) is 17.0 Å². The van der Waals surface area contributed by atoms with Gasteiger partial charge in [-0.15, -0.1) is 10.2 Å². The van der Waals surface area contributed by atoms with Crippen LogP contribution in [0.4, 0.5) is 4.39 Å². The van der Waals surface area contributed by atoms with E-state index >= 15 is 0 Å². The molecule has 6 nitrogen and oxygen atoms in total. The van der Waals surface area contributed by atoms with Crippen molar-refractivity contribution in [3.63, 3.8) is 0 Å². The highest BCUT2D eigenvalue weighted by molar-refractivity contribution is 8.00. The van der Waals surface area contributed by atoms with Gasteiger partial charge in [-0.05, 0) is 56.1 Å². The molecule has 8 heteroatoms. The minimum atomic E-state index is -0.395. The lowest BCUT2D eigenvalue weighted by atomic mass is 9.84. The zero-order valence-corrected chi connectivity index (χ0v) is 17.8. The third-order valence-corrected chi connectivity index (χ3v) is 8.09. The van der Waals surface area contributed by atoms with Gasteiger partial charge in [-0.1, -0.05) is 30.3 Å². The molecule has 0 radical (unpaired) electrons. The molecule has 1 saturated heterocycles. The van der Waals surface area contributed by atoms with Gasteiger partial charge in [-0.25, -0.2) is 4.39 Å². The number of ether oxygens (including phenoxy) is 2. The molecule has 0 unspecified atom stereocenters. The molecular weight excluding hydrogens is 405 g/mol. The molecule has 5 rings (SSSR count). The molecule has 1 aliphatic heterocycles. The van der Waals surface area contributed by atoms with Crippen molar-refractivity contribution in [2.75, 3.05) is 6.61 Å². The van der Waals surface area contributed by atoms with Gasteiger partial charge in [-0.3, -0.25) is 9.36 Å². The van der Waals surface area contributed by atoms with E-state index in [1.165, 1.54) is 43.5 Å². The minimum absolute atomic E-state index is 0.134. The van der Waals surface area contributed by atoms with Crippen LogP contribution in [0.1, 0.15) is 50.9 Å². The van der Waals surface area contributed by atoms with Crippen LogP contribution in [0.5, 0.6) is 5.75 Å². The van der Waals surface area contributed by atoms with Crippen molar-refractivity contribution >= 4 is 17.7 Å². The van der Waals surface area contributed by atoms with Crippen molar-refractivity contribution in [1.82, 2.24) is 14.8 Å². The van der Waals surface area contributed by atoms with Crippen LogP contribution in [-0.2, 0) is 16.1 Å². The van der Waals surface area contributed by atoms with Gasteiger partial charge >= 0.3 is 5.97 Å². The molecule has 0 spiro atoms. The molecule has 2 heterocycles. The molecule has 0 amide bonds. The molecule has 1 aromatic carbocycles. The molecule has 2 aromatic rings. The predicted molar refractivity (Wildman–Crippen MR) is 110 cm³/mol. The Bertz CT molecular complexity index is 936. The van der Waals surface area contributed by atoms with Gasteiger partial charge in [-0.2, -0.15) is 0 Å². The average Bonchev–Trinajstić information content (AvgIpc) is 3.53. The van der Waals surface area contributed by atoms with Crippen molar-refractivity contribution < 1.29 is 18.7 Å². The van der Waals surface area contributed by atoms with E-state index in [-0.39, 0.29) is 29.6 Å². The smallest absolute Gasteiger partial charge is 0.319 e. The van der Waals surface area contributed by atoms with Crippen LogP contribution in [0.2, 0.25) is 0 Å². The Hall–Kier alpha value is -2.09. The van der Waals surface area contributed by atoms with E-state index in [2.05, 4.69) is 21.7 Å². The number of hydrogen-bond donors (Lipinski definition) is 0. The SMILES string of the molecule is C[C@H]([C@H]1C[C@H]2CC[C@H]1C2)n1c(COc2ccccc2F)nnc1S[C@@H]1CCOC1=O. The minimum Gasteiger partial charge on any atom is -0.483 e. The number of hydrogen-bond acceptors (Lipinski definition) is 6. The summed E-state index contributed by atoms with van der Waals surface area (Å²) in [6.45, 7) is 2.81. The zero-order valence-electron chi connectivity index (χ0n) is 17.0. The van der Waals surface area contributed by atoms with E-state index in [4.69, 9.17) is 9.47 Å². The maximum Gasteiger partial charge on any atom is 0.319 e. The average molecular weight is 432 g/mol. The molecule has 5 atom stereocenters. The van der Waals surface area contributed by atoms with Crippen LogP contribution in [0.15, 0.2) is 29.4 Å². The number of fused-ring (bicyclic) bond motifs is 2. The van der Waals surface area contributed by atoms with Gasteiger partial charge < -0.3 is 9.47 Å². The zero-order chi connectivity index (χ0) is 20.7. The van der Waals surface area contributed by atoms with Crippen molar-refractivity contribution in [3.05, 3.63) is 35.9 Å². The van der Waals surface area contributed by atoms with Gasteiger partial charge in [0.05, 0.1) is 6.61 Å². The van der Waals surface area contributed by atoms with Crippen LogP contribution in [-0.4, -0.2) is 32.6 Å². The lowest BCUT2D eigenvalue weighted by molar-refractivity contribution is -0.137. The summed E-state index contributed by atoms with van der Waals surface area (Å²) in [6.07, 6.45) is 5.86. The van der Waals surface area contributed by atoms with Gasteiger partial charge in [0.1, 0.15) is 11.9 Å². The Balaban J connectivity index is 1.41. The van der Waals surface area contributed by atoms with Crippen LogP contribution in [0.3, 0.4) is 0 Å². The standard InChI is InChI=1S/C22H26FN3O3S/c1-13(16-11-14-6-7-15(16)10-14)26-20(12-29-18-5-3-2-4-17(18)23)24-25-22(26)30-19-8-9-28-21(19)27/h2-5,13-16,19H,6-12H2,1H3/t13-,14+,15+,16-,19-/m1/s1. The summed E-state index contributed by atoms with van der Waals surface area (Å²) >= 11 is 1.42. The highest BCUT2D eigenvalue weighted by Crippen LogP contribution is 2.52. The third kappa shape index (κ3) is 3.70. The lowest BCUT2D eigenvalue weighted by Gasteiger charge is -2.30. The summed E-state index contributed by atoms with van der Waals surface area (Å²) < 4.78 is 27.0. The fraction of sp³-hybridized carbons (Fsp3) is 0.591. The molecule has 2 bridgehead atoms. The van der Waals surface area contributed by atoms with E-state index in [0.29, 0.717) is 24.8 Å². The molecule has 3 aliphatic rings. The number of carbonyl (C=O) groups is 1. The van der Waals surface area contributed by atoms with E-state index in [1.54, 1.807) is 18.2 Å². The monoisotopic (exact) mass is 431 g/mol. The first kappa shape index (κ1) is 19.8. The quantitative estimate of drug-likeness (QED) is 0.606. The summed E-state index contributed by atoms with van der Waals surface area (Å²) in [7, 11) is 0. The van der Waals surface area contributed by atoms with Gasteiger partial charge in [0, 0.05) is 12.5 Å². The number of halogens is 1. The van der Waals surface area contributed by atoms with Gasteiger partial charge in [0.2, 0.25) is 0 Å². The van der Waals surface area contributed by atoms with Crippen molar-refractivity contribution in [1.29, 1.82) is 0 Å². The third-order valence-electron chi connectivity index (χ3n) is 6.88. The molecule has 2 aliphatic carbocycles. The summed E-state index contributed by atoms with van der Waals surface area (Å²) in [5.74, 6) is 2.43. The second-order valence-electron chi connectivity index (χ2n) is 8.63. The molecular formula is C22H26FN3O3S. The summed E-state index contributed by atoms with van der Waals surface area (Å²) in [6, 6.07) is 6.57. The molecule has 0 N–H and O–H groups in total. The van der Waals surface area contributed by atoms with Crippen molar-refractivity contribution in [2.24, 2.45) is 17.8 Å². The first-order chi connectivity index (χ1) is 14.6. The van der Waals surface area contributed by atoms with Crippen molar-refractivity contribution in [2.45, 2.75) is 62.1 Å². The number of nitrogens with zero attached hydrogens (tertiary/aromatic N) is 3. The molecule has 3 fully saturated rings. The normalized spacial score (nSPS) is 28.7. The molecule has 30 heavy (non-hydrogen) atoms. The largest absolute Gasteiger partial charge is 0.483 e. The Morgan fingerprint density at radius 3 is 2.83 bits per heavy atom. The summed E-state index contributed by atoms with van der Waals surface area (Å²) in [4.78, 5) is 12.0. The Morgan fingerprint density at radius 1 is 1.27 bits per heavy atom. The topological polar surface area (TPSA) is 66.2 Å². The number of esters is 1. The number of benzene rings is 1. The Morgan fingerprint density at radius 2 is 2.13 bits per heavy atom. The van der Waals surface area contributed by atoms with Crippen LogP contribution in [0.25, 0.3) is 0 Å². The number of aromatic nitrogens is 3. The van der Waals surface area contributed by atoms with Gasteiger partial charge in [0.15, 0.2) is 22.5 Å². The second-order valence-corrected chi connectivity index (χ2v) is 9.80. The maximum atomic E-state index is 14.0. The number of para-hydroxylation sites is 1. The summed E-state index contributed by atoms with van der Waals surface area (Å²) in [5.41, 5.74) is 0. The Labute approximate surface area is 179 Å². The molecule has 160 valence electrons. The van der Waals surface area contributed by atoms with Gasteiger partial charge in [0.25, 0.3) is 0 Å². The first-order valence-corrected chi connectivity index (χ1v) is 11.6. The highest BCUT2D eigenvalue weighted by Gasteiger charge is 2.43. The number of cyclic esters (lactones) is 1. The fourth-order valence-electron chi connectivity index (χ4n) is 5.39. The first-order valence-electron chi connectivity index (χ1n) is 10.7. The predicted octanol–water partition coefficient (Wildman–Crippen LogP) is 4.40. The summed E-state index contributed by atoms with van der Waals surface area (Å²) in [5, 5.41) is 9.25. The molecule has 2 saturated carbocycles. The van der Waals surface area contributed by atoms with E-state index < -0.39 is 5.82 Å². The van der Waals surface area contributed by atoms with Crippen LogP contribution in [0, 0.1) is 23.6 Å². The van der Waals surface area contributed by atoms with E-state index in [9.17, 15) is 9.18 Å². The van der Waals surface area contributed by atoms with Crippen LogP contribution >= 0.6 is 11.8 Å².